The van der Waals surface area contributed by atoms with Crippen molar-refractivity contribution < 1.29 is 22.8 Å². The van der Waals surface area contributed by atoms with E-state index >= 15 is 0 Å². The maximum atomic E-state index is 12.5. The van der Waals surface area contributed by atoms with Gasteiger partial charge in [0.15, 0.2) is 0 Å². The number of nitrogens with zero attached hydrogens (tertiary/aromatic N) is 1. The third-order valence-electron chi connectivity index (χ3n) is 3.80. The molecule has 0 atom stereocenters. The van der Waals surface area contributed by atoms with E-state index in [0.717, 1.165) is 36.9 Å². The first-order valence-corrected chi connectivity index (χ1v) is 9.16. The summed E-state index contributed by atoms with van der Waals surface area (Å²) >= 11 is 1.04. The normalized spacial score (nSPS) is 13.9. The lowest BCUT2D eigenvalue weighted by Crippen LogP contribution is -2.15. The predicted molar refractivity (Wildman–Crippen MR) is 96.4 cm³/mol. The monoisotopic (exact) mass is 395 g/mol. The minimum Gasteiger partial charge on any atom is -0.326 e. The molecule has 1 aromatic heterocycles. The topological polar surface area (TPSA) is 71.1 Å². The number of pyridine rings is 1. The Kier molecular flexibility index (Phi) is 5.69. The number of rotatable bonds is 6. The van der Waals surface area contributed by atoms with Crippen molar-refractivity contribution in [2.75, 3.05) is 16.4 Å². The van der Waals surface area contributed by atoms with Gasteiger partial charge in [-0.05, 0) is 49.2 Å². The van der Waals surface area contributed by atoms with Gasteiger partial charge in [0.25, 0.3) is 0 Å². The standard InChI is InChI=1S/C18H16F3N3O2S/c19-18(20,21)12-3-8-16(22-9-12)27-10-15(25)23-13-4-6-14(7-5-13)24-17(26)11-1-2-11/h3-9,11H,1-2,10H2,(H,23,25)(H,24,26). The van der Waals surface area contributed by atoms with Crippen LogP contribution >= 0.6 is 11.8 Å². The van der Waals surface area contributed by atoms with Gasteiger partial charge in [0, 0.05) is 23.5 Å². The average Bonchev–Trinajstić information content (AvgIpc) is 3.46. The second-order valence-corrected chi connectivity index (χ2v) is 7.06. The van der Waals surface area contributed by atoms with Crippen molar-refractivity contribution in [2.45, 2.75) is 24.0 Å². The SMILES string of the molecule is O=C(CSc1ccc(C(F)(F)F)cn1)Nc1ccc(NC(=O)C2CC2)cc1. The molecule has 2 N–H and O–H groups in total. The van der Waals surface area contributed by atoms with Gasteiger partial charge in [0.1, 0.15) is 0 Å². The Bertz CT molecular complexity index is 819. The molecular formula is C18H16F3N3O2S. The Morgan fingerprint density at radius 3 is 2.19 bits per heavy atom. The number of alkyl halides is 3. The van der Waals surface area contributed by atoms with Crippen LogP contribution in [0.4, 0.5) is 24.5 Å². The molecule has 1 aromatic carbocycles. The minimum atomic E-state index is -4.43. The molecule has 142 valence electrons. The van der Waals surface area contributed by atoms with Crippen molar-refractivity contribution in [3.63, 3.8) is 0 Å². The fraction of sp³-hybridized carbons (Fsp3) is 0.278. The van der Waals surface area contributed by atoms with Crippen LogP contribution in [0.1, 0.15) is 18.4 Å². The summed E-state index contributed by atoms with van der Waals surface area (Å²) in [6.45, 7) is 0. The number of hydrogen-bond donors (Lipinski definition) is 2. The van der Waals surface area contributed by atoms with Crippen molar-refractivity contribution in [1.29, 1.82) is 0 Å². The Morgan fingerprint density at radius 1 is 1.04 bits per heavy atom. The minimum absolute atomic E-state index is 0.00669. The molecular weight excluding hydrogens is 379 g/mol. The molecule has 0 saturated heterocycles. The third kappa shape index (κ3) is 5.72. The second kappa shape index (κ2) is 7.99. The van der Waals surface area contributed by atoms with Crippen LogP contribution in [0.25, 0.3) is 0 Å². The number of halogens is 3. The maximum absolute atomic E-state index is 12.5. The summed E-state index contributed by atoms with van der Waals surface area (Å²) in [6.07, 6.45) is -1.84. The Hall–Kier alpha value is -2.55. The number of aromatic nitrogens is 1. The number of benzene rings is 1. The molecule has 3 rings (SSSR count). The smallest absolute Gasteiger partial charge is 0.326 e. The molecule has 1 saturated carbocycles. The number of anilines is 2. The highest BCUT2D eigenvalue weighted by atomic mass is 32.2. The van der Waals surface area contributed by atoms with E-state index in [0.29, 0.717) is 16.4 Å². The summed E-state index contributed by atoms with van der Waals surface area (Å²) in [5.74, 6) is -0.178. The van der Waals surface area contributed by atoms with Gasteiger partial charge in [-0.25, -0.2) is 4.98 Å². The molecule has 27 heavy (non-hydrogen) atoms. The van der Waals surface area contributed by atoms with Crippen molar-refractivity contribution in [1.82, 2.24) is 4.98 Å². The van der Waals surface area contributed by atoms with Gasteiger partial charge in [-0.15, -0.1) is 0 Å². The molecule has 2 amide bonds. The lowest BCUT2D eigenvalue weighted by molar-refractivity contribution is -0.137. The summed E-state index contributed by atoms with van der Waals surface area (Å²) in [6, 6.07) is 8.89. The van der Waals surface area contributed by atoms with Crippen LogP contribution in [0.3, 0.4) is 0 Å². The molecule has 1 heterocycles. The quantitative estimate of drug-likeness (QED) is 0.720. The number of carbonyl (C=O) groups is 2. The number of nitrogens with one attached hydrogen (secondary N) is 2. The number of hydrogen-bond acceptors (Lipinski definition) is 4. The van der Waals surface area contributed by atoms with Gasteiger partial charge >= 0.3 is 6.18 Å². The first-order valence-electron chi connectivity index (χ1n) is 8.18. The van der Waals surface area contributed by atoms with E-state index < -0.39 is 11.7 Å². The largest absolute Gasteiger partial charge is 0.417 e. The van der Waals surface area contributed by atoms with E-state index in [-0.39, 0.29) is 23.5 Å². The van der Waals surface area contributed by atoms with Gasteiger partial charge in [0.2, 0.25) is 11.8 Å². The molecule has 0 radical (unpaired) electrons. The highest BCUT2D eigenvalue weighted by Crippen LogP contribution is 2.31. The van der Waals surface area contributed by atoms with Crippen molar-refractivity contribution >= 4 is 35.0 Å². The first kappa shape index (κ1) is 19.2. The molecule has 1 aliphatic carbocycles. The van der Waals surface area contributed by atoms with Crippen LogP contribution in [-0.2, 0) is 15.8 Å². The maximum Gasteiger partial charge on any atom is 0.417 e. The molecule has 1 aliphatic rings. The molecule has 0 bridgehead atoms. The summed E-state index contributed by atoms with van der Waals surface area (Å²) in [5, 5.41) is 5.82. The van der Waals surface area contributed by atoms with Gasteiger partial charge in [0.05, 0.1) is 16.3 Å². The fourth-order valence-corrected chi connectivity index (χ4v) is 2.84. The van der Waals surface area contributed by atoms with Crippen molar-refractivity contribution in [3.05, 3.63) is 48.2 Å². The summed E-state index contributed by atoms with van der Waals surface area (Å²) in [5.41, 5.74) is 0.392. The van der Waals surface area contributed by atoms with Crippen LogP contribution in [-0.4, -0.2) is 22.6 Å². The van der Waals surface area contributed by atoms with E-state index in [2.05, 4.69) is 15.6 Å². The Morgan fingerprint density at radius 2 is 1.67 bits per heavy atom. The zero-order valence-electron chi connectivity index (χ0n) is 14.0. The van der Waals surface area contributed by atoms with Crippen LogP contribution in [0, 0.1) is 5.92 Å². The highest BCUT2D eigenvalue weighted by molar-refractivity contribution is 7.99. The van der Waals surface area contributed by atoms with Crippen LogP contribution in [0.5, 0.6) is 0 Å². The van der Waals surface area contributed by atoms with E-state index in [9.17, 15) is 22.8 Å². The van der Waals surface area contributed by atoms with Gasteiger partial charge in [-0.2, -0.15) is 13.2 Å². The Labute approximate surface area is 157 Å². The number of carbonyl (C=O) groups excluding carboxylic acids is 2. The predicted octanol–water partition coefficient (Wildman–Crippen LogP) is 4.18. The lowest BCUT2D eigenvalue weighted by Gasteiger charge is -2.08. The molecule has 0 aliphatic heterocycles. The van der Waals surface area contributed by atoms with Crippen LogP contribution in [0.15, 0.2) is 47.6 Å². The summed E-state index contributed by atoms with van der Waals surface area (Å²) in [4.78, 5) is 27.3. The van der Waals surface area contributed by atoms with Crippen molar-refractivity contribution in [3.8, 4) is 0 Å². The second-order valence-electron chi connectivity index (χ2n) is 6.06. The summed E-state index contributed by atoms with van der Waals surface area (Å²) < 4.78 is 37.4. The van der Waals surface area contributed by atoms with E-state index in [1.807, 2.05) is 0 Å². The molecule has 5 nitrogen and oxygen atoms in total. The van der Waals surface area contributed by atoms with Crippen LogP contribution < -0.4 is 10.6 Å². The van der Waals surface area contributed by atoms with E-state index in [4.69, 9.17) is 0 Å². The fourth-order valence-electron chi connectivity index (χ4n) is 2.20. The Balaban J connectivity index is 1.46. The number of thioether (sulfide) groups is 1. The molecule has 9 heteroatoms. The lowest BCUT2D eigenvalue weighted by atomic mass is 10.2. The third-order valence-corrected chi connectivity index (χ3v) is 4.74. The van der Waals surface area contributed by atoms with Crippen LogP contribution in [0.2, 0.25) is 0 Å². The van der Waals surface area contributed by atoms with Gasteiger partial charge < -0.3 is 10.6 Å². The summed E-state index contributed by atoms with van der Waals surface area (Å²) in [7, 11) is 0. The van der Waals surface area contributed by atoms with E-state index in [1.54, 1.807) is 24.3 Å². The molecule has 2 aromatic rings. The van der Waals surface area contributed by atoms with Gasteiger partial charge in [-0.1, -0.05) is 11.8 Å². The molecule has 1 fully saturated rings. The molecule has 0 spiro atoms. The molecule has 0 unspecified atom stereocenters. The zero-order valence-corrected chi connectivity index (χ0v) is 14.9. The van der Waals surface area contributed by atoms with Crippen molar-refractivity contribution in [2.24, 2.45) is 5.92 Å². The highest BCUT2D eigenvalue weighted by Gasteiger charge is 2.31. The van der Waals surface area contributed by atoms with E-state index in [1.165, 1.54) is 6.07 Å². The number of amides is 2. The average molecular weight is 395 g/mol. The first-order chi connectivity index (χ1) is 12.8. The van der Waals surface area contributed by atoms with Gasteiger partial charge in [-0.3, -0.25) is 9.59 Å². The zero-order chi connectivity index (χ0) is 19.4.